The Morgan fingerprint density at radius 2 is 1.45 bits per heavy atom. The fraction of sp³-hybridized carbons (Fsp3) is 0.120. The SMILES string of the molecule is Cc1nc(C(=O)O)c(-c2ccc(OCc3ccccc3)c(OCc3ccccc3)c2)s1. The number of ether oxygens (including phenoxy) is 2. The molecule has 156 valence electrons. The topological polar surface area (TPSA) is 68.7 Å². The number of hydrogen-bond donors (Lipinski definition) is 1. The van der Waals surface area contributed by atoms with Gasteiger partial charge < -0.3 is 14.6 Å². The number of thiazole rings is 1. The molecule has 1 N–H and O–H groups in total. The molecule has 5 nitrogen and oxygen atoms in total. The summed E-state index contributed by atoms with van der Waals surface area (Å²) in [5.41, 5.74) is 2.86. The largest absolute Gasteiger partial charge is 0.485 e. The molecular formula is C25H21NO4S. The van der Waals surface area contributed by atoms with E-state index in [2.05, 4.69) is 4.98 Å². The maximum absolute atomic E-state index is 11.6. The Kier molecular flexibility index (Phi) is 6.29. The molecule has 0 saturated heterocycles. The smallest absolute Gasteiger partial charge is 0.356 e. The summed E-state index contributed by atoms with van der Waals surface area (Å²) in [5.74, 6) is 0.108. The lowest BCUT2D eigenvalue weighted by Crippen LogP contribution is -2.02. The van der Waals surface area contributed by atoms with Crippen LogP contribution in [0.25, 0.3) is 10.4 Å². The van der Waals surface area contributed by atoms with Gasteiger partial charge in [-0.2, -0.15) is 0 Å². The zero-order valence-corrected chi connectivity index (χ0v) is 17.8. The summed E-state index contributed by atoms with van der Waals surface area (Å²) in [6.45, 7) is 2.58. The van der Waals surface area contributed by atoms with E-state index < -0.39 is 5.97 Å². The highest BCUT2D eigenvalue weighted by atomic mass is 32.1. The van der Waals surface area contributed by atoms with Gasteiger partial charge in [-0.05, 0) is 41.8 Å². The Morgan fingerprint density at radius 3 is 2.03 bits per heavy atom. The molecule has 3 aromatic carbocycles. The molecule has 0 fully saturated rings. The lowest BCUT2D eigenvalue weighted by Gasteiger charge is -2.14. The van der Waals surface area contributed by atoms with E-state index >= 15 is 0 Å². The Hall–Kier alpha value is -3.64. The van der Waals surface area contributed by atoms with E-state index in [0.29, 0.717) is 34.6 Å². The van der Waals surface area contributed by atoms with Crippen molar-refractivity contribution < 1.29 is 19.4 Å². The average molecular weight is 432 g/mol. The minimum Gasteiger partial charge on any atom is -0.485 e. The van der Waals surface area contributed by atoms with Crippen molar-refractivity contribution in [2.45, 2.75) is 20.1 Å². The van der Waals surface area contributed by atoms with Gasteiger partial charge in [0.1, 0.15) is 13.2 Å². The third-order valence-corrected chi connectivity index (χ3v) is 5.64. The molecule has 0 saturated carbocycles. The molecule has 4 aromatic rings. The molecule has 0 amide bonds. The van der Waals surface area contributed by atoms with E-state index in [1.54, 1.807) is 6.92 Å². The van der Waals surface area contributed by atoms with Gasteiger partial charge in [-0.3, -0.25) is 0 Å². The standard InChI is InChI=1S/C25H21NO4S/c1-17-26-23(25(27)28)24(31-17)20-12-13-21(29-15-18-8-4-2-5-9-18)22(14-20)30-16-19-10-6-3-7-11-19/h2-14H,15-16H2,1H3,(H,27,28). The predicted octanol–water partition coefficient (Wildman–Crippen LogP) is 5.97. The first-order valence-corrected chi connectivity index (χ1v) is 10.6. The number of aromatic carboxylic acids is 1. The van der Waals surface area contributed by atoms with E-state index in [-0.39, 0.29) is 5.69 Å². The van der Waals surface area contributed by atoms with Crippen LogP contribution in [0.2, 0.25) is 0 Å². The van der Waals surface area contributed by atoms with E-state index in [1.165, 1.54) is 11.3 Å². The summed E-state index contributed by atoms with van der Waals surface area (Å²) in [7, 11) is 0. The second-order valence-corrected chi connectivity index (χ2v) is 8.13. The number of carboxylic acids is 1. The fourth-order valence-corrected chi connectivity index (χ4v) is 4.03. The first-order chi connectivity index (χ1) is 15.1. The molecule has 0 aliphatic rings. The molecule has 1 aromatic heterocycles. The number of rotatable bonds is 8. The van der Waals surface area contributed by atoms with E-state index in [9.17, 15) is 9.90 Å². The van der Waals surface area contributed by atoms with Crippen LogP contribution >= 0.6 is 11.3 Å². The van der Waals surface area contributed by atoms with Crippen LogP contribution in [0.5, 0.6) is 11.5 Å². The first kappa shape index (κ1) is 20.6. The van der Waals surface area contributed by atoms with E-state index in [4.69, 9.17) is 9.47 Å². The van der Waals surface area contributed by atoms with Gasteiger partial charge in [0.2, 0.25) is 0 Å². The molecule has 1 heterocycles. The lowest BCUT2D eigenvalue weighted by atomic mass is 10.1. The van der Waals surface area contributed by atoms with Gasteiger partial charge in [0, 0.05) is 0 Å². The summed E-state index contributed by atoms with van der Waals surface area (Å²) >= 11 is 1.35. The van der Waals surface area contributed by atoms with E-state index in [1.807, 2.05) is 78.9 Å². The maximum atomic E-state index is 11.6. The van der Waals surface area contributed by atoms with Crippen molar-refractivity contribution >= 4 is 17.3 Å². The molecule has 0 radical (unpaired) electrons. The second kappa shape index (κ2) is 9.45. The van der Waals surface area contributed by atoms with Crippen LogP contribution in [0, 0.1) is 6.92 Å². The quantitative estimate of drug-likeness (QED) is 0.372. The summed E-state index contributed by atoms with van der Waals surface area (Å²) in [6, 6.07) is 25.2. The van der Waals surface area contributed by atoms with Gasteiger partial charge in [0.25, 0.3) is 0 Å². The number of aryl methyl sites for hydroxylation is 1. The first-order valence-electron chi connectivity index (χ1n) is 9.79. The molecular weight excluding hydrogens is 410 g/mol. The van der Waals surface area contributed by atoms with Crippen LogP contribution < -0.4 is 9.47 Å². The lowest BCUT2D eigenvalue weighted by molar-refractivity contribution is 0.0692. The number of aromatic nitrogens is 1. The molecule has 0 bridgehead atoms. The fourth-order valence-electron chi connectivity index (χ4n) is 3.12. The van der Waals surface area contributed by atoms with Crippen LogP contribution in [0.1, 0.15) is 26.6 Å². The monoisotopic (exact) mass is 431 g/mol. The Labute approximate surface area is 184 Å². The average Bonchev–Trinajstić information content (AvgIpc) is 3.20. The van der Waals surface area contributed by atoms with Gasteiger partial charge in [-0.1, -0.05) is 60.7 Å². The Bertz CT molecular complexity index is 1170. The number of carbonyl (C=O) groups is 1. The van der Waals surface area contributed by atoms with Gasteiger partial charge >= 0.3 is 5.97 Å². The summed E-state index contributed by atoms with van der Waals surface area (Å²) in [6.07, 6.45) is 0. The maximum Gasteiger partial charge on any atom is 0.356 e. The summed E-state index contributed by atoms with van der Waals surface area (Å²) < 4.78 is 12.1. The molecule has 0 atom stereocenters. The van der Waals surface area contributed by atoms with Gasteiger partial charge in [0.05, 0.1) is 9.88 Å². The molecule has 0 unspecified atom stereocenters. The number of hydrogen-bond acceptors (Lipinski definition) is 5. The minimum absolute atomic E-state index is 0.0504. The molecule has 0 aliphatic heterocycles. The number of carboxylic acid groups (broad SMARTS) is 1. The normalized spacial score (nSPS) is 10.6. The molecule has 0 spiro atoms. The van der Waals surface area contributed by atoms with Crippen molar-refractivity contribution in [3.05, 3.63) is 101 Å². The highest BCUT2D eigenvalue weighted by Crippen LogP contribution is 2.37. The highest BCUT2D eigenvalue weighted by molar-refractivity contribution is 7.15. The van der Waals surface area contributed by atoms with Gasteiger partial charge in [-0.15, -0.1) is 11.3 Å². The van der Waals surface area contributed by atoms with Gasteiger partial charge in [-0.25, -0.2) is 9.78 Å². The van der Waals surface area contributed by atoms with Crippen molar-refractivity contribution in [1.82, 2.24) is 4.98 Å². The van der Waals surface area contributed by atoms with Crippen LogP contribution in [0.3, 0.4) is 0 Å². The van der Waals surface area contributed by atoms with E-state index in [0.717, 1.165) is 16.7 Å². The van der Waals surface area contributed by atoms with Crippen molar-refractivity contribution in [2.24, 2.45) is 0 Å². The Balaban J connectivity index is 1.64. The van der Waals surface area contributed by atoms with Crippen molar-refractivity contribution in [3.8, 4) is 21.9 Å². The second-order valence-electron chi connectivity index (χ2n) is 6.93. The van der Waals surface area contributed by atoms with Crippen molar-refractivity contribution in [2.75, 3.05) is 0 Å². The number of nitrogens with zero attached hydrogens (tertiary/aromatic N) is 1. The van der Waals surface area contributed by atoms with Crippen LogP contribution in [-0.4, -0.2) is 16.1 Å². The third-order valence-electron chi connectivity index (χ3n) is 4.62. The van der Waals surface area contributed by atoms with Crippen LogP contribution in [0.4, 0.5) is 0 Å². The van der Waals surface area contributed by atoms with Crippen molar-refractivity contribution in [3.63, 3.8) is 0 Å². The molecule has 31 heavy (non-hydrogen) atoms. The zero-order valence-electron chi connectivity index (χ0n) is 16.9. The summed E-state index contributed by atoms with van der Waals surface area (Å²) in [4.78, 5) is 16.4. The van der Waals surface area contributed by atoms with Gasteiger partial charge in [0.15, 0.2) is 17.2 Å². The highest BCUT2D eigenvalue weighted by Gasteiger charge is 2.19. The zero-order chi connectivity index (χ0) is 21.6. The predicted molar refractivity (Wildman–Crippen MR) is 121 cm³/mol. The molecule has 4 rings (SSSR count). The number of benzene rings is 3. The minimum atomic E-state index is -1.05. The Morgan fingerprint density at radius 1 is 0.871 bits per heavy atom. The van der Waals surface area contributed by atoms with Crippen LogP contribution in [-0.2, 0) is 13.2 Å². The molecule has 0 aliphatic carbocycles. The molecule has 6 heteroatoms. The van der Waals surface area contributed by atoms with Crippen molar-refractivity contribution in [1.29, 1.82) is 0 Å². The third kappa shape index (κ3) is 5.10. The summed E-state index contributed by atoms with van der Waals surface area (Å²) in [5, 5.41) is 10.2. The van der Waals surface area contributed by atoms with Crippen LogP contribution in [0.15, 0.2) is 78.9 Å².